The molecule has 0 saturated heterocycles. The van der Waals surface area contributed by atoms with Gasteiger partial charge in [-0.1, -0.05) is 23.4 Å². The number of carboxylic acids is 1. The Kier molecular flexibility index (Phi) is 5.75. The molecule has 2 aromatic heterocycles. The van der Waals surface area contributed by atoms with E-state index in [4.69, 9.17) is 11.6 Å². The first-order valence-corrected chi connectivity index (χ1v) is 8.75. The fourth-order valence-corrected chi connectivity index (χ4v) is 2.94. The fourth-order valence-electron chi connectivity index (χ4n) is 2.77. The van der Waals surface area contributed by atoms with Crippen LogP contribution in [0.4, 0.5) is 0 Å². The molecule has 1 N–H and O–H groups in total. The summed E-state index contributed by atoms with van der Waals surface area (Å²) in [5, 5.41) is 15.6. The van der Waals surface area contributed by atoms with E-state index in [1.165, 1.54) is 12.3 Å². The monoisotopic (exact) mass is 382 g/mol. The third-order valence-electron chi connectivity index (χ3n) is 4.03. The molecule has 7 heteroatoms. The van der Waals surface area contributed by atoms with Gasteiger partial charge in [-0.25, -0.2) is 4.79 Å². The molecule has 0 saturated carbocycles. The van der Waals surface area contributed by atoms with Gasteiger partial charge in [-0.15, -0.1) is 0 Å². The second kappa shape index (κ2) is 8.21. The van der Waals surface area contributed by atoms with Crippen molar-refractivity contribution in [2.45, 2.75) is 13.0 Å². The van der Waals surface area contributed by atoms with Crippen LogP contribution in [0.1, 0.15) is 21.6 Å². The van der Waals surface area contributed by atoms with Gasteiger partial charge in [0, 0.05) is 29.2 Å². The minimum atomic E-state index is -0.983. The minimum Gasteiger partial charge on any atom is -0.478 e. The smallest absolute Gasteiger partial charge is 0.336 e. The van der Waals surface area contributed by atoms with Gasteiger partial charge in [0.2, 0.25) is 0 Å². The lowest BCUT2D eigenvalue weighted by molar-refractivity contribution is 0.0695. The number of carbonyl (C=O) groups is 1. The van der Waals surface area contributed by atoms with E-state index in [2.05, 4.69) is 21.9 Å². The van der Waals surface area contributed by atoms with Gasteiger partial charge in [0.05, 0.1) is 23.3 Å². The van der Waals surface area contributed by atoms with E-state index in [9.17, 15) is 9.90 Å². The van der Waals surface area contributed by atoms with Crippen molar-refractivity contribution in [1.29, 1.82) is 0 Å². The van der Waals surface area contributed by atoms with Gasteiger partial charge in [-0.3, -0.25) is 14.6 Å². The molecule has 138 valence electrons. The number of fused-ring (bicyclic) bond motifs is 1. The first-order valence-electron chi connectivity index (χ1n) is 8.37. The molecule has 0 atom stereocenters. The van der Waals surface area contributed by atoms with Crippen molar-refractivity contribution >= 4 is 28.5 Å². The van der Waals surface area contributed by atoms with Crippen LogP contribution < -0.4 is 0 Å². The van der Waals surface area contributed by atoms with E-state index in [1.54, 1.807) is 6.20 Å². The van der Waals surface area contributed by atoms with Crippen LogP contribution in [-0.2, 0) is 13.0 Å². The van der Waals surface area contributed by atoms with E-state index >= 15 is 0 Å². The minimum absolute atomic E-state index is 0.223. The Morgan fingerprint density at radius 3 is 2.85 bits per heavy atom. The first kappa shape index (κ1) is 18.9. The van der Waals surface area contributed by atoms with Crippen molar-refractivity contribution in [1.82, 2.24) is 19.7 Å². The number of nitrogens with zero attached hydrogens (tertiary/aromatic N) is 4. The van der Waals surface area contributed by atoms with Crippen LogP contribution in [0.15, 0.2) is 36.7 Å². The molecule has 0 amide bonds. The normalized spacial score (nSPS) is 10.8. The van der Waals surface area contributed by atoms with E-state index in [-0.39, 0.29) is 5.56 Å². The van der Waals surface area contributed by atoms with Crippen molar-refractivity contribution in [3.8, 4) is 11.8 Å². The van der Waals surface area contributed by atoms with Crippen LogP contribution in [0.3, 0.4) is 0 Å². The highest BCUT2D eigenvalue weighted by Gasteiger charge is 2.15. The molecule has 2 heterocycles. The van der Waals surface area contributed by atoms with Gasteiger partial charge in [0.15, 0.2) is 0 Å². The average molecular weight is 383 g/mol. The van der Waals surface area contributed by atoms with Gasteiger partial charge in [0.25, 0.3) is 0 Å². The maximum absolute atomic E-state index is 11.5. The Morgan fingerprint density at radius 2 is 2.11 bits per heavy atom. The van der Waals surface area contributed by atoms with E-state index in [1.807, 2.05) is 41.9 Å². The number of hydrogen-bond acceptors (Lipinski definition) is 4. The molecule has 0 fully saturated rings. The molecule has 6 nitrogen and oxygen atoms in total. The van der Waals surface area contributed by atoms with E-state index in [0.717, 1.165) is 16.6 Å². The zero-order chi connectivity index (χ0) is 19.4. The van der Waals surface area contributed by atoms with Crippen molar-refractivity contribution in [3.05, 3.63) is 58.5 Å². The molecule has 0 radical (unpaired) electrons. The number of hydrogen-bond donors (Lipinski definition) is 1. The van der Waals surface area contributed by atoms with Crippen LogP contribution in [0.25, 0.3) is 10.9 Å². The number of aromatic nitrogens is 3. The van der Waals surface area contributed by atoms with Crippen molar-refractivity contribution < 1.29 is 9.90 Å². The number of benzene rings is 1. The van der Waals surface area contributed by atoms with E-state index in [0.29, 0.717) is 30.1 Å². The summed E-state index contributed by atoms with van der Waals surface area (Å²) in [5.41, 5.74) is 2.49. The number of carboxylic acid groups (broad SMARTS) is 1. The molecule has 0 unspecified atom stereocenters. The standard InChI is InChI=1S/C20H19ClN4O2/c1-24(2)9-3-4-10-25-19-6-5-15(21)12-17(19)18(23-25)11-14-13-22-8-7-16(14)20(26)27/h5-8,12-13H,9-11H2,1-2H3,(H,26,27). The fraction of sp³-hybridized carbons (Fsp3) is 0.250. The Balaban J connectivity index is 1.99. The molecule has 0 aliphatic rings. The summed E-state index contributed by atoms with van der Waals surface area (Å²) in [4.78, 5) is 17.5. The molecule has 3 aromatic rings. The summed E-state index contributed by atoms with van der Waals surface area (Å²) in [5.74, 6) is 5.23. The first-order chi connectivity index (χ1) is 13.0. The molecule has 3 rings (SSSR count). The topological polar surface area (TPSA) is 71.2 Å². The third-order valence-corrected chi connectivity index (χ3v) is 4.27. The number of halogens is 1. The number of rotatable bonds is 5. The Morgan fingerprint density at radius 1 is 1.30 bits per heavy atom. The zero-order valence-corrected chi connectivity index (χ0v) is 15.9. The van der Waals surface area contributed by atoms with Crippen molar-refractivity contribution in [3.63, 3.8) is 0 Å². The third kappa shape index (κ3) is 4.45. The van der Waals surface area contributed by atoms with Crippen molar-refractivity contribution in [2.75, 3.05) is 20.6 Å². The zero-order valence-electron chi connectivity index (χ0n) is 15.1. The molecule has 0 bridgehead atoms. The maximum Gasteiger partial charge on any atom is 0.336 e. The van der Waals surface area contributed by atoms with E-state index < -0.39 is 5.97 Å². The highest BCUT2D eigenvalue weighted by Crippen LogP contribution is 2.25. The van der Waals surface area contributed by atoms with Gasteiger partial charge >= 0.3 is 5.97 Å². The predicted octanol–water partition coefficient (Wildman–Crippen LogP) is 2.94. The quantitative estimate of drug-likeness (QED) is 0.687. The highest BCUT2D eigenvalue weighted by molar-refractivity contribution is 6.31. The second-order valence-electron chi connectivity index (χ2n) is 6.37. The summed E-state index contributed by atoms with van der Waals surface area (Å²) in [6, 6.07) is 7.06. The summed E-state index contributed by atoms with van der Waals surface area (Å²) < 4.78 is 1.82. The average Bonchev–Trinajstić information content (AvgIpc) is 2.95. The lowest BCUT2D eigenvalue weighted by Gasteiger charge is -2.03. The number of pyridine rings is 1. The van der Waals surface area contributed by atoms with Crippen LogP contribution in [0.5, 0.6) is 0 Å². The predicted molar refractivity (Wildman–Crippen MR) is 105 cm³/mol. The van der Waals surface area contributed by atoms with Crippen molar-refractivity contribution in [2.24, 2.45) is 0 Å². The van der Waals surface area contributed by atoms with Crippen LogP contribution in [0, 0.1) is 11.8 Å². The largest absolute Gasteiger partial charge is 0.478 e. The van der Waals surface area contributed by atoms with Gasteiger partial charge in [0.1, 0.15) is 6.54 Å². The SMILES string of the molecule is CN(C)CC#CCn1nc(Cc2cnccc2C(=O)O)c2cc(Cl)ccc21. The summed E-state index contributed by atoms with van der Waals surface area (Å²) in [6.07, 6.45) is 3.39. The molecular formula is C20H19ClN4O2. The Bertz CT molecular complexity index is 1050. The Labute approximate surface area is 162 Å². The van der Waals surface area contributed by atoms with Crippen LogP contribution in [0.2, 0.25) is 5.02 Å². The van der Waals surface area contributed by atoms with Gasteiger partial charge < -0.3 is 5.11 Å². The van der Waals surface area contributed by atoms with Crippen LogP contribution in [-0.4, -0.2) is 51.4 Å². The Hall–Kier alpha value is -2.88. The maximum atomic E-state index is 11.5. The summed E-state index contributed by atoms with van der Waals surface area (Å²) >= 11 is 6.17. The summed E-state index contributed by atoms with van der Waals surface area (Å²) in [7, 11) is 3.93. The van der Waals surface area contributed by atoms with Gasteiger partial charge in [-0.05, 0) is 43.9 Å². The summed E-state index contributed by atoms with van der Waals surface area (Å²) in [6.45, 7) is 1.13. The molecule has 0 spiro atoms. The molecule has 27 heavy (non-hydrogen) atoms. The number of aromatic carboxylic acids is 1. The van der Waals surface area contributed by atoms with Crippen LogP contribution >= 0.6 is 11.6 Å². The second-order valence-corrected chi connectivity index (χ2v) is 6.81. The lowest BCUT2D eigenvalue weighted by Crippen LogP contribution is -2.11. The highest BCUT2D eigenvalue weighted by atomic mass is 35.5. The molecule has 1 aromatic carbocycles. The molecular weight excluding hydrogens is 364 g/mol. The van der Waals surface area contributed by atoms with Gasteiger partial charge in [-0.2, -0.15) is 5.10 Å². The molecule has 0 aliphatic carbocycles. The molecule has 0 aliphatic heterocycles. The lowest BCUT2D eigenvalue weighted by atomic mass is 10.0.